The normalized spacial score (nSPS) is 34.7. The lowest BCUT2D eigenvalue weighted by atomic mass is 9.86. The highest BCUT2D eigenvalue weighted by Gasteiger charge is 2.40. The van der Waals surface area contributed by atoms with E-state index < -0.39 is 5.97 Å². The van der Waals surface area contributed by atoms with Gasteiger partial charge in [-0.1, -0.05) is 6.42 Å². The molecule has 0 aromatic rings. The standard InChI is InChI=1S/C15H23NO3/c17-14(9-13-8-10-1-2-12(13)7-10)16-5-3-11(4-6-16)15(18)19/h10-13H,1-9H2,(H,18,19). The summed E-state index contributed by atoms with van der Waals surface area (Å²) in [6.45, 7) is 1.27. The largest absolute Gasteiger partial charge is 0.481 e. The molecule has 3 rings (SSSR count). The molecular formula is C15H23NO3. The van der Waals surface area contributed by atoms with Gasteiger partial charge in [0.15, 0.2) is 0 Å². The lowest BCUT2D eigenvalue weighted by Gasteiger charge is -2.32. The smallest absolute Gasteiger partial charge is 0.306 e. The third kappa shape index (κ3) is 2.63. The van der Waals surface area contributed by atoms with Gasteiger partial charge in [0.2, 0.25) is 5.91 Å². The highest BCUT2D eigenvalue weighted by molar-refractivity contribution is 5.77. The van der Waals surface area contributed by atoms with Crippen LogP contribution in [0, 0.1) is 23.7 Å². The summed E-state index contributed by atoms with van der Waals surface area (Å²) in [5.74, 6) is 1.61. The molecule has 0 aromatic heterocycles. The summed E-state index contributed by atoms with van der Waals surface area (Å²) < 4.78 is 0. The molecule has 0 radical (unpaired) electrons. The molecule has 2 aliphatic carbocycles. The first-order valence-electron chi connectivity index (χ1n) is 7.64. The summed E-state index contributed by atoms with van der Waals surface area (Å²) in [5.41, 5.74) is 0. The predicted molar refractivity (Wildman–Crippen MR) is 70.5 cm³/mol. The van der Waals surface area contributed by atoms with Crippen molar-refractivity contribution in [3.63, 3.8) is 0 Å². The number of carboxylic acid groups (broad SMARTS) is 1. The van der Waals surface area contributed by atoms with Gasteiger partial charge in [0.1, 0.15) is 0 Å². The van der Waals surface area contributed by atoms with Crippen LogP contribution in [0.2, 0.25) is 0 Å². The molecule has 0 spiro atoms. The Bertz CT molecular complexity index is 374. The van der Waals surface area contributed by atoms with Crippen molar-refractivity contribution in [1.82, 2.24) is 4.90 Å². The molecule has 1 amide bonds. The number of amides is 1. The van der Waals surface area contributed by atoms with Crippen molar-refractivity contribution in [3.8, 4) is 0 Å². The van der Waals surface area contributed by atoms with Crippen molar-refractivity contribution in [3.05, 3.63) is 0 Å². The molecule has 1 saturated heterocycles. The molecule has 2 saturated carbocycles. The van der Waals surface area contributed by atoms with E-state index in [2.05, 4.69) is 0 Å². The summed E-state index contributed by atoms with van der Waals surface area (Å²) in [7, 11) is 0. The number of likely N-dealkylation sites (tertiary alicyclic amines) is 1. The highest BCUT2D eigenvalue weighted by atomic mass is 16.4. The molecule has 106 valence electrons. The maximum Gasteiger partial charge on any atom is 0.306 e. The molecule has 0 aromatic carbocycles. The lowest BCUT2D eigenvalue weighted by molar-refractivity contribution is -0.146. The average molecular weight is 265 g/mol. The van der Waals surface area contributed by atoms with Crippen molar-refractivity contribution in [1.29, 1.82) is 0 Å². The van der Waals surface area contributed by atoms with E-state index >= 15 is 0 Å². The molecule has 2 bridgehead atoms. The van der Waals surface area contributed by atoms with Crippen LogP contribution in [-0.4, -0.2) is 35.0 Å². The minimum Gasteiger partial charge on any atom is -0.481 e. The number of piperidine rings is 1. The SMILES string of the molecule is O=C(O)C1CCN(C(=O)CC2CC3CCC2C3)CC1. The molecule has 4 nitrogen and oxygen atoms in total. The van der Waals surface area contributed by atoms with E-state index in [1.54, 1.807) is 0 Å². The van der Waals surface area contributed by atoms with Crippen LogP contribution >= 0.6 is 0 Å². The quantitative estimate of drug-likeness (QED) is 0.850. The Balaban J connectivity index is 1.48. The number of hydrogen-bond acceptors (Lipinski definition) is 2. The molecule has 1 N–H and O–H groups in total. The number of nitrogens with zero attached hydrogens (tertiary/aromatic N) is 1. The van der Waals surface area contributed by atoms with Crippen LogP contribution in [0.3, 0.4) is 0 Å². The fourth-order valence-electron chi connectivity index (χ4n) is 4.36. The second kappa shape index (κ2) is 5.14. The average Bonchev–Trinajstić information content (AvgIpc) is 3.01. The van der Waals surface area contributed by atoms with E-state index in [0.29, 0.717) is 38.3 Å². The molecule has 3 fully saturated rings. The van der Waals surface area contributed by atoms with Crippen LogP contribution in [0.25, 0.3) is 0 Å². The second-order valence-electron chi connectivity index (χ2n) is 6.63. The zero-order valence-corrected chi connectivity index (χ0v) is 11.4. The second-order valence-corrected chi connectivity index (χ2v) is 6.63. The van der Waals surface area contributed by atoms with Gasteiger partial charge in [-0.05, 0) is 49.9 Å². The fourth-order valence-corrected chi connectivity index (χ4v) is 4.36. The van der Waals surface area contributed by atoms with Gasteiger partial charge in [-0.25, -0.2) is 0 Å². The zero-order chi connectivity index (χ0) is 13.4. The van der Waals surface area contributed by atoms with Gasteiger partial charge in [0.05, 0.1) is 5.92 Å². The number of aliphatic carboxylic acids is 1. The maximum atomic E-state index is 12.3. The van der Waals surface area contributed by atoms with Crippen LogP contribution in [0.1, 0.15) is 44.9 Å². The minimum atomic E-state index is -0.708. The molecule has 4 heteroatoms. The number of fused-ring (bicyclic) bond motifs is 2. The van der Waals surface area contributed by atoms with Crippen molar-refractivity contribution in [2.24, 2.45) is 23.7 Å². The molecule has 3 aliphatic rings. The summed E-state index contributed by atoms with van der Waals surface area (Å²) >= 11 is 0. The summed E-state index contributed by atoms with van der Waals surface area (Å²) in [4.78, 5) is 25.1. The van der Waals surface area contributed by atoms with Gasteiger partial charge >= 0.3 is 5.97 Å². The zero-order valence-electron chi connectivity index (χ0n) is 11.4. The molecule has 1 aliphatic heterocycles. The summed E-state index contributed by atoms with van der Waals surface area (Å²) in [5, 5.41) is 8.96. The van der Waals surface area contributed by atoms with Crippen LogP contribution < -0.4 is 0 Å². The van der Waals surface area contributed by atoms with Gasteiger partial charge < -0.3 is 10.0 Å². The van der Waals surface area contributed by atoms with Crippen LogP contribution in [-0.2, 0) is 9.59 Å². The Labute approximate surface area is 114 Å². The maximum absolute atomic E-state index is 12.3. The molecule has 3 atom stereocenters. The van der Waals surface area contributed by atoms with Crippen molar-refractivity contribution in [2.45, 2.75) is 44.9 Å². The van der Waals surface area contributed by atoms with E-state index in [-0.39, 0.29) is 11.8 Å². The predicted octanol–water partition coefficient (Wildman–Crippen LogP) is 2.14. The summed E-state index contributed by atoms with van der Waals surface area (Å²) in [6, 6.07) is 0. The van der Waals surface area contributed by atoms with Crippen molar-refractivity contribution in [2.75, 3.05) is 13.1 Å². The van der Waals surface area contributed by atoms with Gasteiger partial charge in [0.25, 0.3) is 0 Å². The number of carbonyl (C=O) groups excluding carboxylic acids is 1. The summed E-state index contributed by atoms with van der Waals surface area (Å²) in [6.07, 6.45) is 7.25. The van der Waals surface area contributed by atoms with E-state index in [1.165, 1.54) is 25.7 Å². The number of carbonyl (C=O) groups is 2. The van der Waals surface area contributed by atoms with E-state index in [0.717, 1.165) is 11.8 Å². The Morgan fingerprint density at radius 2 is 1.79 bits per heavy atom. The first-order valence-corrected chi connectivity index (χ1v) is 7.64. The first kappa shape index (κ1) is 12.9. The topological polar surface area (TPSA) is 57.6 Å². The van der Waals surface area contributed by atoms with Gasteiger partial charge in [-0.3, -0.25) is 9.59 Å². The third-order valence-corrected chi connectivity index (χ3v) is 5.52. The Kier molecular flexibility index (Phi) is 3.50. The van der Waals surface area contributed by atoms with Crippen LogP contribution in [0.4, 0.5) is 0 Å². The number of rotatable bonds is 3. The van der Waals surface area contributed by atoms with Crippen LogP contribution in [0.5, 0.6) is 0 Å². The first-order chi connectivity index (χ1) is 9.13. The molecule has 1 heterocycles. The van der Waals surface area contributed by atoms with Gasteiger partial charge in [-0.2, -0.15) is 0 Å². The Morgan fingerprint density at radius 1 is 1.05 bits per heavy atom. The number of carboxylic acids is 1. The lowest BCUT2D eigenvalue weighted by Crippen LogP contribution is -2.41. The van der Waals surface area contributed by atoms with Crippen molar-refractivity contribution < 1.29 is 14.7 Å². The Morgan fingerprint density at radius 3 is 2.32 bits per heavy atom. The minimum absolute atomic E-state index is 0.244. The van der Waals surface area contributed by atoms with E-state index in [4.69, 9.17) is 5.11 Å². The Hall–Kier alpha value is -1.06. The van der Waals surface area contributed by atoms with Crippen LogP contribution in [0.15, 0.2) is 0 Å². The number of hydrogen-bond donors (Lipinski definition) is 1. The third-order valence-electron chi connectivity index (χ3n) is 5.52. The molecule has 3 unspecified atom stereocenters. The highest BCUT2D eigenvalue weighted by Crippen LogP contribution is 2.49. The van der Waals surface area contributed by atoms with Gasteiger partial charge in [-0.15, -0.1) is 0 Å². The van der Waals surface area contributed by atoms with E-state index in [1.807, 2.05) is 4.90 Å². The molecular weight excluding hydrogens is 242 g/mol. The van der Waals surface area contributed by atoms with Gasteiger partial charge in [0, 0.05) is 19.5 Å². The molecule has 19 heavy (non-hydrogen) atoms. The van der Waals surface area contributed by atoms with Crippen molar-refractivity contribution >= 4 is 11.9 Å². The fraction of sp³-hybridized carbons (Fsp3) is 0.867. The van der Waals surface area contributed by atoms with E-state index in [9.17, 15) is 9.59 Å². The monoisotopic (exact) mass is 265 g/mol.